The Balaban J connectivity index is 1.74. The van der Waals surface area contributed by atoms with Crippen molar-refractivity contribution in [1.29, 1.82) is 0 Å². The zero-order valence-corrected chi connectivity index (χ0v) is 24.8. The first-order valence-electron chi connectivity index (χ1n) is 13.2. The first-order chi connectivity index (χ1) is 20.3. The first-order valence-corrected chi connectivity index (χ1v) is 13.2. The highest BCUT2D eigenvalue weighted by atomic mass is 19.4. The molecule has 16 heteroatoms. The Bertz CT molecular complexity index is 1630. The zero-order chi connectivity index (χ0) is 32.6. The molecule has 0 aliphatic heterocycles. The predicted molar refractivity (Wildman–Crippen MR) is 145 cm³/mol. The number of nitrogens with zero attached hydrogens (tertiary/aromatic N) is 6. The van der Waals surface area contributed by atoms with E-state index in [1.165, 1.54) is 24.0 Å². The molecule has 1 atom stereocenters. The lowest BCUT2D eigenvalue weighted by atomic mass is 10.1. The van der Waals surface area contributed by atoms with E-state index in [9.17, 15) is 26.3 Å². The van der Waals surface area contributed by atoms with Crippen molar-refractivity contribution in [3.05, 3.63) is 41.8 Å². The summed E-state index contributed by atoms with van der Waals surface area (Å²) in [5, 5.41) is 12.7. The minimum Gasteiger partial charge on any atom is -0.481 e. The number of aromatic nitrogens is 6. The number of halogens is 6. The van der Waals surface area contributed by atoms with Crippen molar-refractivity contribution in [2.24, 2.45) is 7.05 Å². The second kappa shape index (κ2) is 12.0. The highest BCUT2D eigenvalue weighted by Gasteiger charge is 2.31. The molecule has 4 rings (SSSR count). The van der Waals surface area contributed by atoms with Gasteiger partial charge in [-0.15, -0.1) is 15.3 Å². The monoisotopic (exact) mass is 628 g/mol. The number of ether oxygens (including phenoxy) is 4. The van der Waals surface area contributed by atoms with E-state index < -0.39 is 48.1 Å². The summed E-state index contributed by atoms with van der Waals surface area (Å²) in [5.74, 6) is -2.20. The van der Waals surface area contributed by atoms with Gasteiger partial charge < -0.3 is 18.9 Å². The predicted octanol–water partition coefficient (Wildman–Crippen LogP) is 6.64. The van der Waals surface area contributed by atoms with Gasteiger partial charge in [-0.3, -0.25) is 0 Å². The van der Waals surface area contributed by atoms with Crippen LogP contribution in [-0.2, 0) is 7.05 Å². The van der Waals surface area contributed by atoms with Gasteiger partial charge in [-0.25, -0.2) is 22.8 Å². The highest BCUT2D eigenvalue weighted by Crippen LogP contribution is 2.37. The maximum atomic E-state index is 14.2. The Morgan fingerprint density at radius 1 is 0.909 bits per heavy atom. The minimum absolute atomic E-state index is 0.0533. The van der Waals surface area contributed by atoms with Gasteiger partial charge in [0.1, 0.15) is 16.9 Å². The standard InChI is InChI=1S/C28H30F6N6O4/c1-26(2,3)43-23-16(12-35-25(36-23)44-27(4,5)6)18-11-15-22(38-37-18)40(7)39-24(15)42-20(21(30)31)14-8-9-17(29)19(10-14)41-13-28(32,33)34/h8-12,20-21H,13H2,1-7H3/t20-/m1/s1. The van der Waals surface area contributed by atoms with Gasteiger partial charge in [-0.05, 0) is 59.7 Å². The van der Waals surface area contributed by atoms with Crippen molar-refractivity contribution in [2.75, 3.05) is 6.61 Å². The van der Waals surface area contributed by atoms with E-state index in [1.807, 2.05) is 41.5 Å². The van der Waals surface area contributed by atoms with E-state index >= 15 is 0 Å². The summed E-state index contributed by atoms with van der Waals surface area (Å²) >= 11 is 0. The van der Waals surface area contributed by atoms with E-state index in [0.29, 0.717) is 11.6 Å². The molecule has 0 amide bonds. The van der Waals surface area contributed by atoms with Crippen LogP contribution in [0.3, 0.4) is 0 Å². The Labute approximate surface area is 248 Å². The molecule has 0 bridgehead atoms. The molecule has 3 heterocycles. The molecule has 10 nitrogen and oxygen atoms in total. The fourth-order valence-electron chi connectivity index (χ4n) is 3.81. The molecule has 0 aliphatic rings. The van der Waals surface area contributed by atoms with E-state index in [4.69, 9.17) is 14.2 Å². The van der Waals surface area contributed by atoms with Gasteiger partial charge in [-0.1, -0.05) is 6.07 Å². The van der Waals surface area contributed by atoms with Gasteiger partial charge in [0, 0.05) is 18.8 Å². The maximum Gasteiger partial charge on any atom is 0.422 e. The molecule has 0 N–H and O–H groups in total. The lowest BCUT2D eigenvalue weighted by Crippen LogP contribution is -2.26. The lowest BCUT2D eigenvalue weighted by molar-refractivity contribution is -0.153. The molecule has 4 aromatic rings. The van der Waals surface area contributed by atoms with Gasteiger partial charge in [-0.2, -0.15) is 18.2 Å². The van der Waals surface area contributed by atoms with Gasteiger partial charge in [0.05, 0.1) is 10.9 Å². The molecule has 1 aromatic carbocycles. The van der Waals surface area contributed by atoms with Gasteiger partial charge in [0.2, 0.25) is 11.8 Å². The largest absolute Gasteiger partial charge is 0.481 e. The smallest absolute Gasteiger partial charge is 0.422 e. The highest BCUT2D eigenvalue weighted by molar-refractivity contribution is 5.85. The van der Waals surface area contributed by atoms with Crippen molar-refractivity contribution in [3.63, 3.8) is 0 Å². The number of hydrogen-bond acceptors (Lipinski definition) is 9. The zero-order valence-electron chi connectivity index (χ0n) is 24.8. The van der Waals surface area contributed by atoms with E-state index in [-0.39, 0.29) is 40.1 Å². The van der Waals surface area contributed by atoms with E-state index in [2.05, 4.69) is 30.0 Å². The quantitative estimate of drug-likeness (QED) is 0.189. The summed E-state index contributed by atoms with van der Waals surface area (Å²) in [7, 11) is 1.48. The maximum absolute atomic E-state index is 14.2. The normalized spacial score (nSPS) is 13.3. The first kappa shape index (κ1) is 32.5. The second-order valence-electron chi connectivity index (χ2n) is 11.7. The number of fused-ring (bicyclic) bond motifs is 1. The van der Waals surface area contributed by atoms with Crippen LogP contribution in [0.5, 0.6) is 23.5 Å². The number of hydrogen-bond donors (Lipinski definition) is 0. The average molecular weight is 629 g/mol. The van der Waals surface area contributed by atoms with Crippen LogP contribution >= 0.6 is 0 Å². The molecule has 0 unspecified atom stereocenters. The topological polar surface area (TPSA) is 106 Å². The molecule has 0 saturated carbocycles. The summed E-state index contributed by atoms with van der Waals surface area (Å²) < 4.78 is 104. The molecule has 0 spiro atoms. The van der Waals surface area contributed by atoms with Crippen LogP contribution in [0.25, 0.3) is 22.3 Å². The van der Waals surface area contributed by atoms with Crippen molar-refractivity contribution in [3.8, 4) is 34.8 Å². The molecule has 0 radical (unpaired) electrons. The van der Waals surface area contributed by atoms with Crippen LogP contribution in [0.2, 0.25) is 0 Å². The van der Waals surface area contributed by atoms with Crippen LogP contribution in [-0.4, -0.2) is 60.4 Å². The molecule has 0 aliphatic carbocycles. The molecule has 238 valence electrons. The van der Waals surface area contributed by atoms with E-state index in [1.54, 1.807) is 0 Å². The van der Waals surface area contributed by atoms with Crippen molar-refractivity contribution in [1.82, 2.24) is 29.9 Å². The van der Waals surface area contributed by atoms with Crippen LogP contribution in [0.15, 0.2) is 30.5 Å². The van der Waals surface area contributed by atoms with Crippen LogP contribution < -0.4 is 18.9 Å². The summed E-state index contributed by atoms with van der Waals surface area (Å²) in [4.78, 5) is 8.65. The molecule has 3 aromatic heterocycles. The molecular weight excluding hydrogens is 598 g/mol. The Morgan fingerprint density at radius 3 is 2.20 bits per heavy atom. The fourth-order valence-corrected chi connectivity index (χ4v) is 3.81. The van der Waals surface area contributed by atoms with E-state index in [0.717, 1.165) is 12.1 Å². The van der Waals surface area contributed by atoms with Gasteiger partial charge >= 0.3 is 12.2 Å². The van der Waals surface area contributed by atoms with Crippen molar-refractivity contribution >= 4 is 11.0 Å². The van der Waals surface area contributed by atoms with Gasteiger partial charge in [0.25, 0.3) is 6.43 Å². The Hall–Kier alpha value is -4.37. The number of aryl methyl sites for hydroxylation is 1. The minimum atomic E-state index is -4.77. The molecule has 0 fully saturated rings. The van der Waals surface area contributed by atoms with Crippen molar-refractivity contribution < 1.29 is 45.3 Å². The summed E-state index contributed by atoms with van der Waals surface area (Å²) in [6.07, 6.45) is -8.60. The SMILES string of the molecule is Cn1nc(O[C@H](c2ccc(F)c(OCC(F)(F)F)c2)C(F)F)c2cc(-c3cnc(OC(C)(C)C)nc3OC(C)(C)C)nnc21. The van der Waals surface area contributed by atoms with Crippen LogP contribution in [0, 0.1) is 5.82 Å². The third-order valence-corrected chi connectivity index (χ3v) is 5.50. The third kappa shape index (κ3) is 8.17. The van der Waals surface area contributed by atoms with Crippen LogP contribution in [0.4, 0.5) is 26.3 Å². The number of alkyl halides is 5. The Morgan fingerprint density at radius 2 is 1.59 bits per heavy atom. The van der Waals surface area contributed by atoms with Crippen molar-refractivity contribution in [2.45, 2.75) is 71.5 Å². The van der Waals surface area contributed by atoms with Crippen LogP contribution in [0.1, 0.15) is 53.2 Å². The summed E-state index contributed by atoms with van der Waals surface area (Å²) in [6, 6.07) is 3.91. The number of benzene rings is 1. The molecular formula is C28H30F6N6O4. The summed E-state index contributed by atoms with van der Waals surface area (Å²) in [6.45, 7) is 9.10. The second-order valence-corrected chi connectivity index (χ2v) is 11.7. The lowest BCUT2D eigenvalue weighted by Gasteiger charge is -2.24. The fraction of sp³-hybridized carbons (Fsp3) is 0.464. The molecule has 44 heavy (non-hydrogen) atoms. The average Bonchev–Trinajstić information content (AvgIpc) is 3.19. The summed E-state index contributed by atoms with van der Waals surface area (Å²) in [5.41, 5.74) is -0.973. The third-order valence-electron chi connectivity index (χ3n) is 5.50. The number of rotatable bonds is 9. The Kier molecular flexibility index (Phi) is 8.85. The van der Waals surface area contributed by atoms with Gasteiger partial charge in [0.15, 0.2) is 29.9 Å². The molecule has 0 saturated heterocycles.